The van der Waals surface area contributed by atoms with E-state index in [1.165, 1.54) is 6.92 Å². The lowest BCUT2D eigenvalue weighted by Crippen LogP contribution is -2.47. The van der Waals surface area contributed by atoms with Crippen LogP contribution in [0, 0.1) is 11.7 Å². The molecule has 6 nitrogen and oxygen atoms in total. The minimum atomic E-state index is -4.74. The molecule has 0 atom stereocenters. The number of nitrogens with one attached hydrogen (secondary N) is 1. The molecule has 0 bridgehead atoms. The molecular formula is C14H13ClF4N2O4S. The van der Waals surface area contributed by atoms with Gasteiger partial charge in [-0.05, 0) is 19.1 Å². The van der Waals surface area contributed by atoms with Crippen molar-refractivity contribution in [2.24, 2.45) is 5.92 Å². The first-order valence-corrected chi connectivity index (χ1v) is 9.30. The zero-order chi connectivity index (χ0) is 19.9. The van der Waals surface area contributed by atoms with Crippen LogP contribution in [0.2, 0.25) is 5.02 Å². The Morgan fingerprint density at radius 2 is 1.77 bits per heavy atom. The average Bonchev–Trinajstić information content (AvgIpc) is 2.49. The maximum Gasteiger partial charge on any atom is 0.392 e. The van der Waals surface area contributed by atoms with Gasteiger partial charge in [0.15, 0.2) is 0 Å². The Morgan fingerprint density at radius 3 is 2.23 bits per heavy atom. The van der Waals surface area contributed by atoms with E-state index in [0.29, 0.717) is 6.07 Å². The van der Waals surface area contributed by atoms with Gasteiger partial charge >= 0.3 is 6.18 Å². The van der Waals surface area contributed by atoms with Crippen molar-refractivity contribution in [1.82, 2.24) is 0 Å². The standard InChI is InChI=1S/C14H13ClF4N2O4S/c1-2-26(24,25)20-10-6-11(9(16)5-8(10)15)21-12(22)3-7(4-13(21)23)14(17,18)19/h5-7,20H,2-4H2,1H3. The van der Waals surface area contributed by atoms with Gasteiger partial charge in [0.05, 0.1) is 28.1 Å². The Kier molecular flexibility index (Phi) is 5.52. The number of hydrogen-bond donors (Lipinski definition) is 1. The third-order valence-electron chi connectivity index (χ3n) is 3.73. The Bertz CT molecular complexity index is 839. The molecule has 1 aromatic carbocycles. The van der Waals surface area contributed by atoms with E-state index in [9.17, 15) is 35.6 Å². The topological polar surface area (TPSA) is 83.6 Å². The molecule has 1 fully saturated rings. The molecule has 144 valence electrons. The van der Waals surface area contributed by atoms with E-state index in [1.54, 1.807) is 0 Å². The van der Waals surface area contributed by atoms with Crippen molar-refractivity contribution >= 4 is 44.8 Å². The quantitative estimate of drug-likeness (QED) is 0.604. The van der Waals surface area contributed by atoms with E-state index in [-0.39, 0.29) is 21.4 Å². The number of sulfonamides is 1. The van der Waals surface area contributed by atoms with Gasteiger partial charge in [-0.2, -0.15) is 13.2 Å². The molecule has 1 aliphatic heterocycles. The van der Waals surface area contributed by atoms with Crippen LogP contribution in [0.25, 0.3) is 0 Å². The summed E-state index contributed by atoms with van der Waals surface area (Å²) in [5, 5.41) is -0.339. The van der Waals surface area contributed by atoms with Crippen LogP contribution in [0.3, 0.4) is 0 Å². The number of anilines is 2. The highest BCUT2D eigenvalue weighted by Gasteiger charge is 2.48. The zero-order valence-corrected chi connectivity index (χ0v) is 14.8. The summed E-state index contributed by atoms with van der Waals surface area (Å²) in [6, 6.07) is 1.47. The van der Waals surface area contributed by atoms with E-state index in [1.807, 2.05) is 4.72 Å². The zero-order valence-electron chi connectivity index (χ0n) is 13.2. The third kappa shape index (κ3) is 4.26. The second-order valence-electron chi connectivity index (χ2n) is 5.56. The molecule has 1 saturated heterocycles. The first-order chi connectivity index (χ1) is 11.9. The van der Waals surface area contributed by atoms with Gasteiger partial charge in [-0.25, -0.2) is 17.7 Å². The highest BCUT2D eigenvalue weighted by atomic mass is 35.5. The molecule has 2 amide bonds. The van der Waals surface area contributed by atoms with Gasteiger partial charge in [0.1, 0.15) is 5.82 Å². The SMILES string of the molecule is CCS(=O)(=O)Nc1cc(N2C(=O)CC(C(F)(F)F)CC2=O)c(F)cc1Cl. The minimum absolute atomic E-state index is 0.275. The van der Waals surface area contributed by atoms with E-state index in [2.05, 4.69) is 0 Å². The number of benzene rings is 1. The Labute approximate surface area is 151 Å². The summed E-state index contributed by atoms with van der Waals surface area (Å²) < 4.78 is 77.7. The van der Waals surface area contributed by atoms with Crippen LogP contribution in [0.4, 0.5) is 28.9 Å². The summed E-state index contributed by atoms with van der Waals surface area (Å²) in [6.07, 6.45) is -6.78. The Morgan fingerprint density at radius 1 is 1.23 bits per heavy atom. The van der Waals surface area contributed by atoms with Crippen LogP contribution in [-0.4, -0.2) is 32.2 Å². The molecule has 2 rings (SSSR count). The first kappa shape index (κ1) is 20.4. The fourth-order valence-electron chi connectivity index (χ4n) is 2.34. The van der Waals surface area contributed by atoms with Crippen molar-refractivity contribution < 1.29 is 35.6 Å². The van der Waals surface area contributed by atoms with Gasteiger partial charge in [0.25, 0.3) is 0 Å². The Hall–Kier alpha value is -1.88. The van der Waals surface area contributed by atoms with Gasteiger partial charge in [0, 0.05) is 12.8 Å². The molecule has 0 unspecified atom stereocenters. The smallest absolute Gasteiger partial charge is 0.282 e. The van der Waals surface area contributed by atoms with Crippen molar-refractivity contribution in [3.8, 4) is 0 Å². The number of carbonyl (C=O) groups is 2. The molecule has 0 radical (unpaired) electrons. The molecule has 1 aliphatic rings. The van der Waals surface area contributed by atoms with Gasteiger partial charge < -0.3 is 0 Å². The fourth-order valence-corrected chi connectivity index (χ4v) is 3.24. The monoisotopic (exact) mass is 416 g/mol. The highest BCUT2D eigenvalue weighted by molar-refractivity contribution is 7.92. The Balaban J connectivity index is 2.42. The van der Waals surface area contributed by atoms with E-state index in [0.717, 1.165) is 6.07 Å². The van der Waals surface area contributed by atoms with Crippen molar-refractivity contribution in [3.05, 3.63) is 23.0 Å². The van der Waals surface area contributed by atoms with Crippen molar-refractivity contribution in [1.29, 1.82) is 0 Å². The molecule has 0 aliphatic carbocycles. The van der Waals surface area contributed by atoms with Crippen molar-refractivity contribution in [2.45, 2.75) is 25.9 Å². The second kappa shape index (κ2) is 7.03. The summed E-state index contributed by atoms with van der Waals surface area (Å²) in [4.78, 5) is 24.3. The number of alkyl halides is 3. The summed E-state index contributed by atoms with van der Waals surface area (Å²) in [5.74, 6) is -6.11. The number of hydrogen-bond acceptors (Lipinski definition) is 4. The number of rotatable bonds is 4. The molecule has 1 aromatic rings. The lowest BCUT2D eigenvalue weighted by atomic mass is 9.94. The maximum atomic E-state index is 14.2. The number of halogens is 5. The number of imide groups is 1. The molecule has 26 heavy (non-hydrogen) atoms. The van der Waals surface area contributed by atoms with Crippen LogP contribution >= 0.6 is 11.6 Å². The molecule has 0 saturated carbocycles. The molecule has 0 aromatic heterocycles. The van der Waals surface area contributed by atoms with Gasteiger partial charge in [0.2, 0.25) is 21.8 Å². The third-order valence-corrected chi connectivity index (χ3v) is 5.33. The fraction of sp³-hybridized carbons (Fsp3) is 0.429. The van der Waals surface area contributed by atoms with Crippen LogP contribution in [0.5, 0.6) is 0 Å². The summed E-state index contributed by atoms with van der Waals surface area (Å²) in [6.45, 7) is 1.33. The van der Waals surface area contributed by atoms with Gasteiger partial charge in [-0.3, -0.25) is 14.3 Å². The molecule has 12 heteroatoms. The summed E-state index contributed by atoms with van der Waals surface area (Å²) in [5.41, 5.74) is -0.970. The largest absolute Gasteiger partial charge is 0.392 e. The molecule has 1 heterocycles. The lowest BCUT2D eigenvalue weighted by Gasteiger charge is -2.31. The number of piperidine rings is 1. The van der Waals surface area contributed by atoms with Crippen LogP contribution < -0.4 is 9.62 Å². The first-order valence-electron chi connectivity index (χ1n) is 7.27. The lowest BCUT2D eigenvalue weighted by molar-refractivity contribution is -0.185. The van der Waals surface area contributed by atoms with Crippen LogP contribution in [-0.2, 0) is 19.6 Å². The van der Waals surface area contributed by atoms with E-state index >= 15 is 0 Å². The predicted molar refractivity (Wildman–Crippen MR) is 85.8 cm³/mol. The number of carbonyl (C=O) groups excluding carboxylic acids is 2. The van der Waals surface area contributed by atoms with Gasteiger partial charge in [-0.1, -0.05) is 11.6 Å². The van der Waals surface area contributed by atoms with Gasteiger partial charge in [-0.15, -0.1) is 0 Å². The summed E-state index contributed by atoms with van der Waals surface area (Å²) in [7, 11) is -3.80. The van der Waals surface area contributed by atoms with Crippen molar-refractivity contribution in [2.75, 3.05) is 15.4 Å². The maximum absolute atomic E-state index is 14.2. The second-order valence-corrected chi connectivity index (χ2v) is 7.98. The van der Waals surface area contributed by atoms with Crippen LogP contribution in [0.15, 0.2) is 12.1 Å². The molecular weight excluding hydrogens is 404 g/mol. The molecule has 1 N–H and O–H groups in total. The molecule has 0 spiro atoms. The predicted octanol–water partition coefficient (Wildman–Crippen LogP) is 3.07. The van der Waals surface area contributed by atoms with E-state index < -0.39 is 58.3 Å². The van der Waals surface area contributed by atoms with Crippen LogP contribution in [0.1, 0.15) is 19.8 Å². The average molecular weight is 417 g/mol. The highest BCUT2D eigenvalue weighted by Crippen LogP contribution is 2.39. The number of amides is 2. The minimum Gasteiger partial charge on any atom is -0.282 e. The normalized spacial score (nSPS) is 16.9. The van der Waals surface area contributed by atoms with Crippen molar-refractivity contribution in [3.63, 3.8) is 0 Å². The summed E-state index contributed by atoms with van der Waals surface area (Å²) >= 11 is 5.76. The van der Waals surface area contributed by atoms with E-state index in [4.69, 9.17) is 11.6 Å². The number of nitrogens with zero attached hydrogens (tertiary/aromatic N) is 1.